The van der Waals surface area contributed by atoms with Gasteiger partial charge in [-0.05, 0) is 38.0 Å². The Morgan fingerprint density at radius 2 is 2.05 bits per heavy atom. The normalized spacial score (nSPS) is 16.6. The van der Waals surface area contributed by atoms with Crippen LogP contribution in [0, 0.1) is 0 Å². The molecular weight excluding hydrogens is 337 g/mol. The molecule has 20 heavy (non-hydrogen) atoms. The molecule has 1 aromatic rings. The lowest BCUT2D eigenvalue weighted by Crippen LogP contribution is -2.38. The van der Waals surface area contributed by atoms with E-state index in [0.29, 0.717) is 0 Å². The lowest BCUT2D eigenvalue weighted by molar-refractivity contribution is -0.138. The molecule has 0 aliphatic heterocycles. The number of carbonyl (C=O) groups excluding carboxylic acids is 1. The zero-order valence-corrected chi connectivity index (χ0v) is 12.3. The van der Waals surface area contributed by atoms with Crippen LogP contribution in [0.2, 0.25) is 0 Å². The second kappa shape index (κ2) is 5.63. The summed E-state index contributed by atoms with van der Waals surface area (Å²) >= 11 is 2.88. The van der Waals surface area contributed by atoms with E-state index in [1.54, 1.807) is 6.92 Å². The monoisotopic (exact) mass is 350 g/mol. The van der Waals surface area contributed by atoms with Gasteiger partial charge >= 0.3 is 6.18 Å². The Balaban J connectivity index is 2.07. The molecule has 0 saturated heterocycles. The molecule has 1 aliphatic carbocycles. The van der Waals surface area contributed by atoms with Crippen LogP contribution in [0.25, 0.3) is 0 Å². The van der Waals surface area contributed by atoms with Crippen molar-refractivity contribution in [3.8, 4) is 0 Å². The molecule has 2 rings (SSSR count). The SMILES string of the molecule is CC(Nc1ccc(Br)c(C(F)(F)F)c1)C(=O)NC1CC1. The zero-order valence-electron chi connectivity index (χ0n) is 10.7. The van der Waals surface area contributed by atoms with E-state index in [2.05, 4.69) is 26.6 Å². The van der Waals surface area contributed by atoms with E-state index in [-0.39, 0.29) is 22.1 Å². The predicted octanol–water partition coefficient (Wildman–Crippen LogP) is 3.55. The molecule has 2 N–H and O–H groups in total. The number of halogens is 4. The third-order valence-electron chi connectivity index (χ3n) is 2.97. The summed E-state index contributed by atoms with van der Waals surface area (Å²) in [5, 5.41) is 5.58. The molecular formula is C13H14BrF3N2O. The molecule has 1 unspecified atom stereocenters. The van der Waals surface area contributed by atoms with Crippen molar-refractivity contribution in [2.24, 2.45) is 0 Å². The van der Waals surface area contributed by atoms with Gasteiger partial charge in [0.1, 0.15) is 6.04 Å². The molecule has 1 fully saturated rings. The molecule has 0 aromatic heterocycles. The summed E-state index contributed by atoms with van der Waals surface area (Å²) in [5.41, 5.74) is -0.503. The summed E-state index contributed by atoms with van der Waals surface area (Å²) < 4.78 is 38.3. The Morgan fingerprint density at radius 1 is 1.40 bits per heavy atom. The first-order valence-electron chi connectivity index (χ1n) is 6.21. The highest BCUT2D eigenvalue weighted by Crippen LogP contribution is 2.36. The fourth-order valence-corrected chi connectivity index (χ4v) is 2.17. The topological polar surface area (TPSA) is 41.1 Å². The van der Waals surface area contributed by atoms with Gasteiger partial charge in [0.25, 0.3) is 0 Å². The average Bonchev–Trinajstić information content (AvgIpc) is 3.14. The molecule has 1 saturated carbocycles. The fraction of sp³-hybridized carbons (Fsp3) is 0.462. The number of benzene rings is 1. The number of alkyl halides is 3. The highest BCUT2D eigenvalue weighted by Gasteiger charge is 2.33. The van der Waals surface area contributed by atoms with Gasteiger partial charge in [-0.25, -0.2) is 0 Å². The van der Waals surface area contributed by atoms with Crippen LogP contribution >= 0.6 is 15.9 Å². The number of carbonyl (C=O) groups is 1. The third kappa shape index (κ3) is 3.88. The predicted molar refractivity (Wildman–Crippen MR) is 73.4 cm³/mol. The second-order valence-corrected chi connectivity index (χ2v) is 5.70. The number of rotatable bonds is 4. The summed E-state index contributed by atoms with van der Waals surface area (Å²) in [4.78, 5) is 11.7. The molecule has 7 heteroatoms. The highest BCUT2D eigenvalue weighted by molar-refractivity contribution is 9.10. The first-order chi connectivity index (χ1) is 9.27. The first-order valence-corrected chi connectivity index (χ1v) is 7.00. The molecule has 0 spiro atoms. The van der Waals surface area contributed by atoms with Gasteiger partial charge in [-0.15, -0.1) is 0 Å². The smallest absolute Gasteiger partial charge is 0.374 e. The Morgan fingerprint density at radius 3 is 2.60 bits per heavy atom. The summed E-state index contributed by atoms with van der Waals surface area (Å²) in [6.45, 7) is 1.62. The van der Waals surface area contributed by atoms with Gasteiger partial charge in [0.05, 0.1) is 5.56 Å². The zero-order chi connectivity index (χ0) is 14.9. The van der Waals surface area contributed by atoms with Gasteiger partial charge in [0.15, 0.2) is 0 Å². The van der Waals surface area contributed by atoms with Crippen LogP contribution in [-0.4, -0.2) is 18.0 Å². The molecule has 110 valence electrons. The van der Waals surface area contributed by atoms with Gasteiger partial charge in [-0.2, -0.15) is 13.2 Å². The minimum absolute atomic E-state index is 0.0226. The van der Waals surface area contributed by atoms with Crippen molar-refractivity contribution in [2.75, 3.05) is 5.32 Å². The molecule has 0 radical (unpaired) electrons. The summed E-state index contributed by atoms with van der Waals surface area (Å²) in [7, 11) is 0. The van der Waals surface area contributed by atoms with Crippen molar-refractivity contribution < 1.29 is 18.0 Å². The van der Waals surface area contributed by atoms with Gasteiger partial charge in [-0.1, -0.05) is 15.9 Å². The maximum Gasteiger partial charge on any atom is 0.417 e. The van der Waals surface area contributed by atoms with E-state index < -0.39 is 17.8 Å². The van der Waals surface area contributed by atoms with Crippen LogP contribution in [0.5, 0.6) is 0 Å². The van der Waals surface area contributed by atoms with Crippen LogP contribution in [-0.2, 0) is 11.0 Å². The van der Waals surface area contributed by atoms with E-state index >= 15 is 0 Å². The van der Waals surface area contributed by atoms with E-state index in [1.807, 2.05) is 0 Å². The molecule has 0 bridgehead atoms. The molecule has 3 nitrogen and oxygen atoms in total. The number of anilines is 1. The Hall–Kier alpha value is -1.24. The van der Waals surface area contributed by atoms with Crippen molar-refractivity contribution in [3.63, 3.8) is 0 Å². The Kier molecular flexibility index (Phi) is 4.27. The van der Waals surface area contributed by atoms with E-state index in [1.165, 1.54) is 12.1 Å². The quantitative estimate of drug-likeness (QED) is 0.871. The molecule has 1 aromatic carbocycles. The molecule has 0 heterocycles. The largest absolute Gasteiger partial charge is 0.417 e. The number of nitrogens with one attached hydrogen (secondary N) is 2. The minimum Gasteiger partial charge on any atom is -0.374 e. The van der Waals surface area contributed by atoms with Gasteiger partial charge < -0.3 is 10.6 Å². The lowest BCUT2D eigenvalue weighted by Gasteiger charge is -2.17. The number of hydrogen-bond donors (Lipinski definition) is 2. The Labute approximate surface area is 123 Å². The second-order valence-electron chi connectivity index (χ2n) is 4.84. The lowest BCUT2D eigenvalue weighted by atomic mass is 10.2. The van der Waals surface area contributed by atoms with Crippen LogP contribution in [0.3, 0.4) is 0 Å². The summed E-state index contributed by atoms with van der Waals surface area (Å²) in [6.07, 6.45) is -2.50. The standard InChI is InChI=1S/C13H14BrF3N2O/c1-7(12(20)19-8-2-3-8)18-9-4-5-11(14)10(6-9)13(15,16)17/h4-8,18H,2-3H2,1H3,(H,19,20). The van der Waals surface area contributed by atoms with Crippen molar-refractivity contribution in [3.05, 3.63) is 28.2 Å². The third-order valence-corrected chi connectivity index (χ3v) is 3.66. The van der Waals surface area contributed by atoms with Crippen LogP contribution in [0.4, 0.5) is 18.9 Å². The van der Waals surface area contributed by atoms with Crippen molar-refractivity contribution in [1.29, 1.82) is 0 Å². The Bertz CT molecular complexity index is 515. The van der Waals surface area contributed by atoms with Crippen molar-refractivity contribution in [2.45, 2.75) is 38.0 Å². The van der Waals surface area contributed by atoms with Crippen molar-refractivity contribution in [1.82, 2.24) is 5.32 Å². The summed E-state index contributed by atoms with van der Waals surface area (Å²) in [6, 6.07) is 3.45. The van der Waals surface area contributed by atoms with Gasteiger partial charge in [0.2, 0.25) is 5.91 Å². The molecule has 1 atom stereocenters. The molecule has 1 aliphatic rings. The van der Waals surface area contributed by atoms with Crippen LogP contribution in [0.1, 0.15) is 25.3 Å². The minimum atomic E-state index is -4.43. The van der Waals surface area contributed by atoms with Crippen molar-refractivity contribution >= 4 is 27.5 Å². The van der Waals surface area contributed by atoms with E-state index in [9.17, 15) is 18.0 Å². The number of hydrogen-bond acceptors (Lipinski definition) is 2. The van der Waals surface area contributed by atoms with E-state index in [4.69, 9.17) is 0 Å². The highest BCUT2D eigenvalue weighted by atomic mass is 79.9. The molecule has 1 amide bonds. The maximum absolute atomic E-state index is 12.8. The first kappa shape index (κ1) is 15.2. The fourth-order valence-electron chi connectivity index (χ4n) is 1.70. The number of amides is 1. The summed E-state index contributed by atoms with van der Waals surface area (Å²) in [5.74, 6) is -0.205. The maximum atomic E-state index is 12.8. The van der Waals surface area contributed by atoms with E-state index in [0.717, 1.165) is 18.9 Å². The van der Waals surface area contributed by atoms with Gasteiger partial charge in [0, 0.05) is 16.2 Å². The van der Waals surface area contributed by atoms with Gasteiger partial charge in [-0.3, -0.25) is 4.79 Å². The van der Waals surface area contributed by atoms with Crippen LogP contribution < -0.4 is 10.6 Å². The van der Waals surface area contributed by atoms with Crippen LogP contribution in [0.15, 0.2) is 22.7 Å². The average molecular weight is 351 g/mol.